The second-order valence-electron chi connectivity index (χ2n) is 7.93. The van der Waals surface area contributed by atoms with Crippen LogP contribution in [-0.2, 0) is 16.1 Å². The SMILES string of the molecule is Cc1c(-c2nc3ccccc3[nH]2)c(NC(=O)C(C)C)n(C[C@H]2CCCO2)c1C. The predicted molar refractivity (Wildman–Crippen MR) is 111 cm³/mol. The molecule has 4 rings (SSSR count). The first-order valence-corrected chi connectivity index (χ1v) is 10.0. The number of fused-ring (bicyclic) bond motifs is 1. The summed E-state index contributed by atoms with van der Waals surface area (Å²) in [6, 6.07) is 7.98. The molecule has 0 saturated carbocycles. The van der Waals surface area contributed by atoms with Gasteiger partial charge >= 0.3 is 0 Å². The minimum absolute atomic E-state index is 0.00320. The van der Waals surface area contributed by atoms with E-state index in [4.69, 9.17) is 9.72 Å². The van der Waals surface area contributed by atoms with Crippen LogP contribution in [0.5, 0.6) is 0 Å². The molecule has 0 bridgehead atoms. The molecule has 1 fully saturated rings. The highest BCUT2D eigenvalue weighted by Crippen LogP contribution is 2.36. The van der Waals surface area contributed by atoms with E-state index in [1.165, 1.54) is 0 Å². The maximum absolute atomic E-state index is 12.6. The van der Waals surface area contributed by atoms with Gasteiger partial charge in [-0.1, -0.05) is 26.0 Å². The monoisotopic (exact) mass is 380 g/mol. The summed E-state index contributed by atoms with van der Waals surface area (Å²) in [5, 5.41) is 3.17. The second-order valence-corrected chi connectivity index (χ2v) is 7.93. The number of carbonyl (C=O) groups is 1. The van der Waals surface area contributed by atoms with E-state index in [2.05, 4.69) is 28.7 Å². The zero-order valence-corrected chi connectivity index (χ0v) is 17.0. The number of amides is 1. The molecule has 6 heteroatoms. The average molecular weight is 380 g/mol. The van der Waals surface area contributed by atoms with E-state index in [-0.39, 0.29) is 17.9 Å². The van der Waals surface area contributed by atoms with Gasteiger partial charge < -0.3 is 19.6 Å². The third-order valence-electron chi connectivity index (χ3n) is 5.63. The Hall–Kier alpha value is -2.60. The van der Waals surface area contributed by atoms with Crippen LogP contribution in [0.1, 0.15) is 37.9 Å². The lowest BCUT2D eigenvalue weighted by atomic mass is 10.1. The standard InChI is InChI=1S/C22H28N4O2/c1-13(2)22(27)25-21-19(20-23-17-9-5-6-10-18(17)24-20)14(3)15(4)26(21)12-16-8-7-11-28-16/h5-6,9-10,13,16H,7-8,11-12H2,1-4H3,(H,23,24)(H,25,27)/t16-/m1/s1. The number of nitrogens with one attached hydrogen (secondary N) is 2. The van der Waals surface area contributed by atoms with Crippen molar-refractivity contribution >= 4 is 22.8 Å². The molecule has 148 valence electrons. The maximum Gasteiger partial charge on any atom is 0.228 e. The molecule has 1 saturated heterocycles. The fourth-order valence-electron chi connectivity index (χ4n) is 3.84. The van der Waals surface area contributed by atoms with E-state index in [9.17, 15) is 4.79 Å². The Kier molecular flexibility index (Phi) is 4.98. The summed E-state index contributed by atoms with van der Waals surface area (Å²) in [6.45, 7) is 9.55. The third-order valence-corrected chi connectivity index (χ3v) is 5.63. The molecule has 0 unspecified atom stereocenters. The van der Waals surface area contributed by atoms with Crippen LogP contribution in [0.15, 0.2) is 24.3 Å². The first-order valence-electron chi connectivity index (χ1n) is 10.0. The molecule has 1 aromatic carbocycles. The number of hydrogen-bond donors (Lipinski definition) is 2. The van der Waals surface area contributed by atoms with Crippen LogP contribution in [0.2, 0.25) is 0 Å². The molecule has 6 nitrogen and oxygen atoms in total. The Morgan fingerprint density at radius 2 is 2.14 bits per heavy atom. The zero-order chi connectivity index (χ0) is 19.8. The summed E-state index contributed by atoms with van der Waals surface area (Å²) >= 11 is 0. The number of nitrogens with zero attached hydrogens (tertiary/aromatic N) is 2. The topological polar surface area (TPSA) is 71.9 Å². The highest BCUT2D eigenvalue weighted by Gasteiger charge is 2.26. The van der Waals surface area contributed by atoms with Gasteiger partial charge in [0.05, 0.1) is 29.2 Å². The summed E-state index contributed by atoms with van der Waals surface area (Å²) in [4.78, 5) is 20.8. The van der Waals surface area contributed by atoms with Gasteiger partial charge in [0, 0.05) is 18.2 Å². The van der Waals surface area contributed by atoms with Gasteiger partial charge in [-0.15, -0.1) is 0 Å². The summed E-state index contributed by atoms with van der Waals surface area (Å²) in [5.74, 6) is 1.49. The molecule has 0 aliphatic carbocycles. The maximum atomic E-state index is 12.6. The summed E-state index contributed by atoms with van der Waals surface area (Å²) in [5.41, 5.74) is 5.12. The van der Waals surface area contributed by atoms with Crippen molar-refractivity contribution in [2.24, 2.45) is 5.92 Å². The molecular weight excluding hydrogens is 352 g/mol. The Bertz CT molecular complexity index is 976. The zero-order valence-electron chi connectivity index (χ0n) is 17.0. The first kappa shape index (κ1) is 18.7. The normalized spacial score (nSPS) is 17.0. The van der Waals surface area contributed by atoms with Crippen LogP contribution < -0.4 is 5.32 Å². The number of H-pyrrole nitrogens is 1. The molecule has 0 spiro atoms. The van der Waals surface area contributed by atoms with Crippen molar-refractivity contribution in [3.05, 3.63) is 35.5 Å². The lowest BCUT2D eigenvalue weighted by Gasteiger charge is -2.18. The van der Waals surface area contributed by atoms with Gasteiger partial charge in [0.2, 0.25) is 5.91 Å². The Morgan fingerprint density at radius 1 is 1.36 bits per heavy atom. The molecule has 1 aliphatic rings. The van der Waals surface area contributed by atoms with E-state index in [0.29, 0.717) is 0 Å². The van der Waals surface area contributed by atoms with Crippen LogP contribution in [0.25, 0.3) is 22.4 Å². The minimum atomic E-state index is -0.102. The first-order chi connectivity index (χ1) is 13.5. The van der Waals surface area contributed by atoms with Crippen LogP contribution in [0.3, 0.4) is 0 Å². The molecule has 2 aromatic heterocycles. The smallest absolute Gasteiger partial charge is 0.228 e. The summed E-state index contributed by atoms with van der Waals surface area (Å²) < 4.78 is 8.05. The van der Waals surface area contributed by atoms with Crippen molar-refractivity contribution < 1.29 is 9.53 Å². The van der Waals surface area contributed by atoms with Gasteiger partial charge in [-0.05, 0) is 44.4 Å². The number of para-hydroxylation sites is 2. The molecule has 28 heavy (non-hydrogen) atoms. The quantitative estimate of drug-likeness (QED) is 0.688. The number of carbonyl (C=O) groups excluding carboxylic acids is 1. The lowest BCUT2D eigenvalue weighted by Crippen LogP contribution is -2.23. The van der Waals surface area contributed by atoms with Gasteiger partial charge in [-0.3, -0.25) is 4.79 Å². The van der Waals surface area contributed by atoms with Crippen molar-refractivity contribution in [3.63, 3.8) is 0 Å². The fraction of sp³-hybridized carbons (Fsp3) is 0.455. The van der Waals surface area contributed by atoms with Gasteiger partial charge in [0.1, 0.15) is 11.6 Å². The van der Waals surface area contributed by atoms with Crippen molar-refractivity contribution in [1.82, 2.24) is 14.5 Å². The van der Waals surface area contributed by atoms with Gasteiger partial charge in [0.15, 0.2) is 0 Å². The van der Waals surface area contributed by atoms with Crippen molar-refractivity contribution in [1.29, 1.82) is 0 Å². The third kappa shape index (κ3) is 3.33. The van der Waals surface area contributed by atoms with Crippen LogP contribution >= 0.6 is 0 Å². The van der Waals surface area contributed by atoms with Crippen molar-refractivity contribution in [2.75, 3.05) is 11.9 Å². The van der Waals surface area contributed by atoms with Crippen LogP contribution in [0, 0.1) is 19.8 Å². The van der Waals surface area contributed by atoms with E-state index >= 15 is 0 Å². The summed E-state index contributed by atoms with van der Waals surface area (Å²) in [7, 11) is 0. The molecule has 2 N–H and O–H groups in total. The molecule has 3 aromatic rings. The summed E-state index contributed by atoms with van der Waals surface area (Å²) in [6.07, 6.45) is 2.33. The van der Waals surface area contributed by atoms with Crippen LogP contribution in [-0.4, -0.2) is 33.2 Å². The highest BCUT2D eigenvalue weighted by atomic mass is 16.5. The molecule has 1 aliphatic heterocycles. The second kappa shape index (κ2) is 7.43. The molecular formula is C22H28N4O2. The highest BCUT2D eigenvalue weighted by molar-refractivity contribution is 5.96. The number of benzene rings is 1. The molecule has 0 radical (unpaired) electrons. The van der Waals surface area contributed by atoms with E-state index < -0.39 is 0 Å². The average Bonchev–Trinajstić information content (AvgIpc) is 3.37. The van der Waals surface area contributed by atoms with Gasteiger partial charge in [-0.25, -0.2) is 4.98 Å². The lowest BCUT2D eigenvalue weighted by molar-refractivity contribution is -0.118. The molecule has 1 amide bonds. The van der Waals surface area contributed by atoms with Gasteiger partial charge in [-0.2, -0.15) is 0 Å². The van der Waals surface area contributed by atoms with E-state index in [1.54, 1.807) is 0 Å². The van der Waals surface area contributed by atoms with E-state index in [0.717, 1.165) is 65.5 Å². The predicted octanol–water partition coefficient (Wildman–Crippen LogP) is 4.42. The Morgan fingerprint density at radius 3 is 2.82 bits per heavy atom. The fourth-order valence-corrected chi connectivity index (χ4v) is 3.84. The number of aromatic amines is 1. The van der Waals surface area contributed by atoms with Crippen molar-refractivity contribution in [2.45, 2.75) is 53.2 Å². The largest absolute Gasteiger partial charge is 0.376 e. The van der Waals surface area contributed by atoms with Crippen LogP contribution in [0.4, 0.5) is 5.82 Å². The van der Waals surface area contributed by atoms with Gasteiger partial charge in [0.25, 0.3) is 0 Å². The Balaban J connectivity index is 1.84. The molecule has 1 atom stereocenters. The number of anilines is 1. The number of ether oxygens (including phenoxy) is 1. The number of hydrogen-bond acceptors (Lipinski definition) is 3. The number of rotatable bonds is 5. The Labute approximate surface area is 165 Å². The number of aromatic nitrogens is 3. The minimum Gasteiger partial charge on any atom is -0.376 e. The van der Waals surface area contributed by atoms with E-state index in [1.807, 2.05) is 38.1 Å². The molecule has 3 heterocycles. The van der Waals surface area contributed by atoms with Crippen molar-refractivity contribution in [3.8, 4) is 11.4 Å². The number of imidazole rings is 1.